The predicted molar refractivity (Wildman–Crippen MR) is 126 cm³/mol. The van der Waals surface area contributed by atoms with Gasteiger partial charge in [-0.25, -0.2) is 4.79 Å². The fraction of sp³-hybridized carbons (Fsp3) is 0.259. The topological polar surface area (TPSA) is 67.4 Å². The summed E-state index contributed by atoms with van der Waals surface area (Å²) in [6.07, 6.45) is 11.4. The molecular weight excluding hydrogens is 400 g/mol. The summed E-state index contributed by atoms with van der Waals surface area (Å²) in [7, 11) is 0. The molecule has 5 nitrogen and oxygen atoms in total. The summed E-state index contributed by atoms with van der Waals surface area (Å²) < 4.78 is 5.48. The molecule has 0 fully saturated rings. The van der Waals surface area contributed by atoms with Crippen molar-refractivity contribution in [3.63, 3.8) is 0 Å². The molecule has 1 unspecified atom stereocenters. The Balaban J connectivity index is 1.24. The maximum Gasteiger partial charge on any atom is 0.407 e. The van der Waals surface area contributed by atoms with E-state index < -0.39 is 6.09 Å². The van der Waals surface area contributed by atoms with Crippen LogP contribution in [0, 0.1) is 0 Å². The van der Waals surface area contributed by atoms with Crippen LogP contribution in [-0.4, -0.2) is 31.2 Å². The summed E-state index contributed by atoms with van der Waals surface area (Å²) in [5.74, 6) is -0.236. The van der Waals surface area contributed by atoms with Crippen molar-refractivity contribution in [3.05, 3.63) is 95.6 Å². The number of amides is 2. The van der Waals surface area contributed by atoms with E-state index in [1.165, 1.54) is 16.7 Å². The average Bonchev–Trinajstić information content (AvgIpc) is 2.91. The molecule has 0 bridgehead atoms. The Hall–Kier alpha value is -3.60. The van der Waals surface area contributed by atoms with Crippen LogP contribution in [0.15, 0.2) is 84.5 Å². The van der Waals surface area contributed by atoms with Gasteiger partial charge in [-0.15, -0.1) is 0 Å². The number of hydrogen-bond donors (Lipinski definition) is 2. The van der Waals surface area contributed by atoms with Crippen molar-refractivity contribution in [2.75, 3.05) is 13.2 Å². The summed E-state index contributed by atoms with van der Waals surface area (Å²) in [6.45, 7) is 2.07. The monoisotopic (exact) mass is 428 g/mol. The lowest BCUT2D eigenvalue weighted by molar-refractivity contribution is -0.120. The number of hydrogen-bond acceptors (Lipinski definition) is 3. The van der Waals surface area contributed by atoms with E-state index in [2.05, 4.69) is 53.1 Å². The molecule has 1 atom stereocenters. The van der Waals surface area contributed by atoms with Gasteiger partial charge in [-0.2, -0.15) is 0 Å². The summed E-state index contributed by atoms with van der Waals surface area (Å²) in [6, 6.07) is 16.3. The van der Waals surface area contributed by atoms with Crippen LogP contribution >= 0.6 is 0 Å². The van der Waals surface area contributed by atoms with Crippen molar-refractivity contribution in [2.24, 2.45) is 0 Å². The average molecular weight is 429 g/mol. The van der Waals surface area contributed by atoms with E-state index in [0.29, 0.717) is 0 Å². The molecule has 0 heterocycles. The van der Waals surface area contributed by atoms with Crippen LogP contribution in [0.5, 0.6) is 0 Å². The van der Waals surface area contributed by atoms with Crippen LogP contribution in [0.3, 0.4) is 0 Å². The van der Waals surface area contributed by atoms with Gasteiger partial charge in [0, 0.05) is 12.0 Å². The maximum absolute atomic E-state index is 12.2. The number of benzene rings is 2. The Morgan fingerprint density at radius 2 is 1.72 bits per heavy atom. The highest BCUT2D eigenvalue weighted by atomic mass is 16.5. The number of ether oxygens (including phenoxy) is 1. The van der Waals surface area contributed by atoms with Crippen molar-refractivity contribution < 1.29 is 14.3 Å². The first-order valence-electron chi connectivity index (χ1n) is 11.0. The molecule has 4 rings (SSSR count). The first-order valence-corrected chi connectivity index (χ1v) is 11.0. The van der Waals surface area contributed by atoms with Crippen molar-refractivity contribution in [3.8, 4) is 11.1 Å². The van der Waals surface area contributed by atoms with Crippen LogP contribution in [0.25, 0.3) is 11.1 Å². The first-order chi connectivity index (χ1) is 15.6. The van der Waals surface area contributed by atoms with E-state index in [0.717, 1.165) is 24.0 Å². The third-order valence-electron chi connectivity index (χ3n) is 5.76. The SMILES string of the molecule is CC(CC1=CCC=CC=C1)NC(=O)CNC(=O)OCC1c2ccccc2-c2ccccc21. The molecule has 2 aromatic rings. The highest BCUT2D eigenvalue weighted by molar-refractivity contribution is 5.82. The zero-order chi connectivity index (χ0) is 22.3. The number of rotatable bonds is 7. The van der Waals surface area contributed by atoms with E-state index in [-0.39, 0.29) is 31.0 Å². The van der Waals surface area contributed by atoms with Gasteiger partial charge in [-0.05, 0) is 47.6 Å². The highest BCUT2D eigenvalue weighted by Gasteiger charge is 2.29. The third kappa shape index (κ3) is 5.17. The highest BCUT2D eigenvalue weighted by Crippen LogP contribution is 2.44. The van der Waals surface area contributed by atoms with Gasteiger partial charge in [0.25, 0.3) is 0 Å². The first kappa shape index (κ1) is 21.6. The molecule has 0 saturated heterocycles. The van der Waals surface area contributed by atoms with Gasteiger partial charge in [0.15, 0.2) is 0 Å². The molecule has 2 aliphatic carbocycles. The number of fused-ring (bicyclic) bond motifs is 3. The Labute approximate surface area is 188 Å². The quantitative estimate of drug-likeness (QED) is 0.662. The van der Waals surface area contributed by atoms with Gasteiger partial charge >= 0.3 is 6.09 Å². The van der Waals surface area contributed by atoms with E-state index >= 15 is 0 Å². The molecule has 164 valence electrons. The molecule has 2 aliphatic rings. The van der Waals surface area contributed by atoms with E-state index in [4.69, 9.17) is 4.74 Å². The molecule has 2 amide bonds. The zero-order valence-electron chi connectivity index (χ0n) is 18.2. The third-order valence-corrected chi connectivity index (χ3v) is 5.76. The molecular formula is C27H28N2O3. The second-order valence-corrected chi connectivity index (χ2v) is 8.15. The number of alkyl carbamates (subject to hydrolysis) is 1. The minimum Gasteiger partial charge on any atom is -0.449 e. The minimum atomic E-state index is -0.588. The van der Waals surface area contributed by atoms with Gasteiger partial charge in [0.05, 0.1) is 0 Å². The molecule has 0 saturated carbocycles. The summed E-state index contributed by atoms with van der Waals surface area (Å²) in [4.78, 5) is 24.5. The fourth-order valence-electron chi connectivity index (χ4n) is 4.31. The lowest BCUT2D eigenvalue weighted by Crippen LogP contribution is -2.41. The largest absolute Gasteiger partial charge is 0.449 e. The minimum absolute atomic E-state index is 0.00241. The van der Waals surface area contributed by atoms with Crippen LogP contribution in [0.4, 0.5) is 4.79 Å². The van der Waals surface area contributed by atoms with E-state index in [1.807, 2.05) is 43.3 Å². The number of carbonyl (C=O) groups is 2. The van der Waals surface area contributed by atoms with Gasteiger partial charge < -0.3 is 15.4 Å². The van der Waals surface area contributed by atoms with Gasteiger partial charge in [0.1, 0.15) is 13.2 Å². The molecule has 32 heavy (non-hydrogen) atoms. The Morgan fingerprint density at radius 3 is 2.44 bits per heavy atom. The molecule has 2 aromatic carbocycles. The second kappa shape index (κ2) is 10.1. The van der Waals surface area contributed by atoms with Gasteiger partial charge in [-0.1, -0.05) is 78.9 Å². The normalized spacial score (nSPS) is 15.2. The summed E-state index contributed by atoms with van der Waals surface area (Å²) in [5.41, 5.74) is 5.86. The Bertz CT molecular complexity index is 1040. The predicted octanol–water partition coefficient (Wildman–Crippen LogP) is 4.86. The smallest absolute Gasteiger partial charge is 0.407 e. The van der Waals surface area contributed by atoms with Crippen LogP contribution in [-0.2, 0) is 9.53 Å². The molecule has 5 heteroatoms. The van der Waals surface area contributed by atoms with E-state index in [1.54, 1.807) is 0 Å². The molecule has 0 aliphatic heterocycles. The van der Waals surface area contributed by atoms with Crippen molar-refractivity contribution >= 4 is 12.0 Å². The van der Waals surface area contributed by atoms with Crippen molar-refractivity contribution in [1.82, 2.24) is 10.6 Å². The lowest BCUT2D eigenvalue weighted by Gasteiger charge is -2.16. The van der Waals surface area contributed by atoms with Gasteiger partial charge in [-0.3, -0.25) is 4.79 Å². The Kier molecular flexibility index (Phi) is 6.85. The number of carbonyl (C=O) groups excluding carboxylic acids is 2. The van der Waals surface area contributed by atoms with Crippen LogP contribution in [0.1, 0.15) is 36.8 Å². The number of nitrogens with one attached hydrogen (secondary N) is 2. The summed E-state index contributed by atoms with van der Waals surface area (Å²) in [5, 5.41) is 5.48. The molecule has 2 N–H and O–H groups in total. The molecule has 0 radical (unpaired) electrons. The molecule has 0 spiro atoms. The zero-order valence-corrected chi connectivity index (χ0v) is 18.2. The van der Waals surface area contributed by atoms with Crippen LogP contribution < -0.4 is 10.6 Å². The fourth-order valence-corrected chi connectivity index (χ4v) is 4.31. The number of allylic oxidation sites excluding steroid dienone is 5. The van der Waals surface area contributed by atoms with Crippen molar-refractivity contribution in [2.45, 2.75) is 31.7 Å². The van der Waals surface area contributed by atoms with Gasteiger partial charge in [0.2, 0.25) is 5.91 Å². The van der Waals surface area contributed by atoms with Crippen LogP contribution in [0.2, 0.25) is 0 Å². The van der Waals surface area contributed by atoms with Crippen molar-refractivity contribution in [1.29, 1.82) is 0 Å². The molecule has 0 aromatic heterocycles. The second-order valence-electron chi connectivity index (χ2n) is 8.15. The summed E-state index contributed by atoms with van der Waals surface area (Å²) >= 11 is 0. The maximum atomic E-state index is 12.2. The van der Waals surface area contributed by atoms with E-state index in [9.17, 15) is 9.59 Å². The lowest BCUT2D eigenvalue weighted by atomic mass is 9.98. The standard InChI is InChI=1S/C27H28N2O3/c1-19(16-20-10-4-2-3-5-11-20)29-26(30)17-28-27(31)32-18-25-23-14-8-6-12-21(23)22-13-7-9-15-24(22)25/h2-4,6-15,19,25H,5,16-18H2,1H3,(H,28,31)(H,29,30). The Morgan fingerprint density at radius 1 is 1.03 bits per heavy atom.